The third kappa shape index (κ3) is 2.29. The van der Waals surface area contributed by atoms with Crippen molar-refractivity contribution in [2.45, 2.75) is 9.92 Å². The van der Waals surface area contributed by atoms with E-state index >= 15 is 0 Å². The second-order valence-corrected chi connectivity index (χ2v) is 4.94. The summed E-state index contributed by atoms with van der Waals surface area (Å²) in [7, 11) is 1.69. The van der Waals surface area contributed by atoms with Crippen LogP contribution >= 0.6 is 11.8 Å². The summed E-state index contributed by atoms with van der Waals surface area (Å²) in [5.41, 5.74) is 1.16. The van der Waals surface area contributed by atoms with Gasteiger partial charge in [0, 0.05) is 11.9 Å². The molecule has 2 heterocycles. The van der Waals surface area contributed by atoms with Crippen molar-refractivity contribution < 1.29 is 8.78 Å². The fraction of sp³-hybridized carbons (Fsp3) is 0.0833. The molecule has 0 saturated carbocycles. The van der Waals surface area contributed by atoms with E-state index in [4.69, 9.17) is 0 Å². The molecule has 0 atom stereocenters. The highest BCUT2D eigenvalue weighted by Gasteiger charge is 2.12. The van der Waals surface area contributed by atoms with Crippen LogP contribution in [0.25, 0.3) is 11.2 Å². The quantitative estimate of drug-likeness (QED) is 0.727. The smallest absolute Gasteiger partial charge is 0.225 e. The number of hydrogen-bond acceptors (Lipinski definition) is 5. The Morgan fingerprint density at radius 2 is 2.05 bits per heavy atom. The van der Waals surface area contributed by atoms with Crippen LogP contribution < -0.4 is 5.32 Å². The summed E-state index contributed by atoms with van der Waals surface area (Å²) in [5, 5.41) is 3.42. The van der Waals surface area contributed by atoms with Crippen LogP contribution in [0.5, 0.6) is 0 Å². The van der Waals surface area contributed by atoms with Crippen molar-refractivity contribution in [3.8, 4) is 0 Å². The number of nitrogens with zero attached hydrogens (tertiary/aromatic N) is 3. The van der Waals surface area contributed by atoms with Gasteiger partial charge in [-0.25, -0.2) is 18.7 Å². The molecule has 0 bridgehead atoms. The maximum Gasteiger partial charge on any atom is 0.225 e. The highest BCUT2D eigenvalue weighted by molar-refractivity contribution is 7.99. The van der Waals surface area contributed by atoms with Crippen LogP contribution in [0.2, 0.25) is 0 Å². The van der Waals surface area contributed by atoms with Crippen LogP contribution in [0.4, 0.5) is 14.7 Å². The van der Waals surface area contributed by atoms with E-state index in [9.17, 15) is 8.78 Å². The molecule has 0 amide bonds. The number of fused-ring (bicyclic) bond motifs is 1. The topological polar surface area (TPSA) is 66.5 Å². The van der Waals surface area contributed by atoms with Crippen LogP contribution in [-0.4, -0.2) is 27.0 Å². The van der Waals surface area contributed by atoms with Gasteiger partial charge in [0.05, 0.1) is 6.33 Å². The predicted octanol–water partition coefficient (Wildman–Crippen LogP) is 2.82. The minimum Gasteiger partial charge on any atom is -0.357 e. The maximum atomic E-state index is 13.2. The predicted molar refractivity (Wildman–Crippen MR) is 71.7 cm³/mol. The average molecular weight is 293 g/mol. The molecule has 5 nitrogen and oxygen atoms in total. The molecule has 20 heavy (non-hydrogen) atoms. The lowest BCUT2D eigenvalue weighted by Crippen LogP contribution is -1.98. The van der Waals surface area contributed by atoms with E-state index in [1.54, 1.807) is 7.05 Å². The van der Waals surface area contributed by atoms with E-state index in [0.717, 1.165) is 12.1 Å². The molecule has 0 spiro atoms. The minimum atomic E-state index is -0.890. The lowest BCUT2D eigenvalue weighted by atomic mass is 10.3. The lowest BCUT2D eigenvalue weighted by molar-refractivity contribution is 0.506. The average Bonchev–Trinajstić information content (AvgIpc) is 2.91. The van der Waals surface area contributed by atoms with E-state index in [2.05, 4.69) is 25.3 Å². The van der Waals surface area contributed by atoms with Gasteiger partial charge < -0.3 is 10.3 Å². The number of halogens is 2. The Bertz CT molecular complexity index is 774. The van der Waals surface area contributed by atoms with E-state index in [1.807, 2.05) is 0 Å². The molecule has 0 fully saturated rings. The number of H-pyrrole nitrogens is 1. The molecule has 0 aliphatic heterocycles. The first-order chi connectivity index (χ1) is 9.67. The SMILES string of the molecule is CNc1nc(Sc2ccc(F)c(F)c2)c2[nH]cnc2n1. The Kier molecular flexibility index (Phi) is 3.23. The normalized spacial score (nSPS) is 10.9. The summed E-state index contributed by atoms with van der Waals surface area (Å²) < 4.78 is 26.2. The summed E-state index contributed by atoms with van der Waals surface area (Å²) in [6.07, 6.45) is 1.51. The Morgan fingerprint density at radius 3 is 2.80 bits per heavy atom. The van der Waals surface area contributed by atoms with Crippen LogP contribution in [0, 0.1) is 11.6 Å². The molecule has 0 saturated heterocycles. The number of imidazole rings is 1. The zero-order chi connectivity index (χ0) is 14.1. The minimum absolute atomic E-state index is 0.412. The molecular formula is C12H9F2N5S. The fourth-order valence-corrected chi connectivity index (χ4v) is 2.55. The van der Waals surface area contributed by atoms with Gasteiger partial charge in [-0.05, 0) is 18.2 Å². The molecule has 0 aliphatic carbocycles. The monoisotopic (exact) mass is 293 g/mol. The Morgan fingerprint density at radius 1 is 1.20 bits per heavy atom. The van der Waals surface area contributed by atoms with Gasteiger partial charge in [-0.3, -0.25) is 0 Å². The van der Waals surface area contributed by atoms with Crippen molar-refractivity contribution in [1.29, 1.82) is 0 Å². The molecule has 2 N–H and O–H groups in total. The van der Waals surface area contributed by atoms with E-state index in [-0.39, 0.29) is 0 Å². The first-order valence-electron chi connectivity index (χ1n) is 5.69. The number of hydrogen-bond donors (Lipinski definition) is 2. The van der Waals surface area contributed by atoms with Gasteiger partial charge in [0.15, 0.2) is 17.3 Å². The zero-order valence-electron chi connectivity index (χ0n) is 10.3. The Hall–Kier alpha value is -2.22. The number of rotatable bonds is 3. The molecule has 1 aromatic carbocycles. The summed E-state index contributed by atoms with van der Waals surface area (Å²) in [6, 6.07) is 3.71. The van der Waals surface area contributed by atoms with Crippen molar-refractivity contribution in [2.75, 3.05) is 12.4 Å². The van der Waals surface area contributed by atoms with Crippen molar-refractivity contribution in [3.05, 3.63) is 36.2 Å². The number of anilines is 1. The van der Waals surface area contributed by atoms with E-state index < -0.39 is 11.6 Å². The molecule has 0 aliphatic rings. The number of aromatic nitrogens is 4. The maximum absolute atomic E-state index is 13.2. The first-order valence-corrected chi connectivity index (χ1v) is 6.51. The Balaban J connectivity index is 2.04. The van der Waals surface area contributed by atoms with Crippen molar-refractivity contribution in [3.63, 3.8) is 0 Å². The van der Waals surface area contributed by atoms with Gasteiger partial charge in [0.25, 0.3) is 0 Å². The third-order valence-corrected chi connectivity index (χ3v) is 3.56. The van der Waals surface area contributed by atoms with Gasteiger partial charge in [-0.15, -0.1) is 0 Å². The lowest BCUT2D eigenvalue weighted by Gasteiger charge is -2.05. The van der Waals surface area contributed by atoms with Crippen molar-refractivity contribution >= 4 is 28.9 Å². The second-order valence-electron chi connectivity index (χ2n) is 3.88. The van der Waals surface area contributed by atoms with Gasteiger partial charge >= 0.3 is 0 Å². The van der Waals surface area contributed by atoms with Gasteiger partial charge in [-0.1, -0.05) is 11.8 Å². The standard InChI is InChI=1S/C12H9F2N5S/c1-15-12-18-10-9(16-5-17-10)11(19-12)20-6-2-3-7(13)8(14)4-6/h2-5H,1H3,(H2,15,16,17,18,19). The summed E-state index contributed by atoms with van der Waals surface area (Å²) in [5.74, 6) is -1.35. The molecule has 3 rings (SSSR count). The summed E-state index contributed by atoms with van der Waals surface area (Å²) >= 11 is 1.21. The van der Waals surface area contributed by atoms with Gasteiger partial charge in [-0.2, -0.15) is 4.98 Å². The third-order valence-electron chi connectivity index (χ3n) is 2.58. The highest BCUT2D eigenvalue weighted by Crippen LogP contribution is 2.31. The molecule has 102 valence electrons. The van der Waals surface area contributed by atoms with Crippen LogP contribution in [-0.2, 0) is 0 Å². The van der Waals surface area contributed by atoms with Crippen LogP contribution in [0.15, 0.2) is 34.4 Å². The Labute approximate surface area is 116 Å². The number of nitrogens with one attached hydrogen (secondary N) is 2. The molecule has 8 heteroatoms. The van der Waals surface area contributed by atoms with Crippen LogP contribution in [0.3, 0.4) is 0 Å². The summed E-state index contributed by atoms with van der Waals surface area (Å²) in [6.45, 7) is 0. The van der Waals surface area contributed by atoms with E-state index in [1.165, 1.54) is 24.2 Å². The molecule has 3 aromatic rings. The van der Waals surface area contributed by atoms with Crippen molar-refractivity contribution in [2.24, 2.45) is 0 Å². The number of aromatic amines is 1. The van der Waals surface area contributed by atoms with Crippen LogP contribution in [0.1, 0.15) is 0 Å². The van der Waals surface area contributed by atoms with Crippen molar-refractivity contribution in [1.82, 2.24) is 19.9 Å². The first kappa shape index (κ1) is 12.8. The van der Waals surface area contributed by atoms with E-state index in [0.29, 0.717) is 27.0 Å². The number of benzene rings is 1. The molecule has 0 unspecified atom stereocenters. The molecular weight excluding hydrogens is 284 g/mol. The molecule has 2 aromatic heterocycles. The zero-order valence-corrected chi connectivity index (χ0v) is 11.1. The second kappa shape index (κ2) is 5.04. The van der Waals surface area contributed by atoms with Gasteiger partial charge in [0.1, 0.15) is 10.5 Å². The molecule has 0 radical (unpaired) electrons. The largest absolute Gasteiger partial charge is 0.357 e. The summed E-state index contributed by atoms with van der Waals surface area (Å²) in [4.78, 5) is 16.0. The van der Waals surface area contributed by atoms with Gasteiger partial charge in [0.2, 0.25) is 5.95 Å². The fourth-order valence-electron chi connectivity index (χ4n) is 1.64. The highest BCUT2D eigenvalue weighted by atomic mass is 32.2.